The molecule has 1 N–H and O–H groups in total. The first-order valence-electron chi connectivity index (χ1n) is 10.8. The number of nitro groups is 1. The van der Waals surface area contributed by atoms with E-state index in [2.05, 4.69) is 5.32 Å². The molecule has 1 aliphatic heterocycles. The van der Waals surface area contributed by atoms with Gasteiger partial charge in [0.1, 0.15) is 12.2 Å². The van der Waals surface area contributed by atoms with E-state index < -0.39 is 34.0 Å². The summed E-state index contributed by atoms with van der Waals surface area (Å²) in [6, 6.07) is 17.4. The van der Waals surface area contributed by atoms with Crippen LogP contribution in [0.2, 0.25) is 0 Å². The molecule has 0 radical (unpaired) electrons. The van der Waals surface area contributed by atoms with E-state index in [0.29, 0.717) is 5.56 Å². The molecule has 0 bridgehead atoms. The Morgan fingerprint density at radius 2 is 1.69 bits per heavy atom. The summed E-state index contributed by atoms with van der Waals surface area (Å²) in [5.41, 5.74) is 0.838. The second-order valence-electron chi connectivity index (χ2n) is 7.84. The molecule has 0 saturated carbocycles. The standard InChI is InChI=1S/C26H21N3O7/c1-16-8-6-7-11-20(16)28-25(31)19(24(30)27-26(28)32)12-18-13-22(35-2)23(14-21(18)29(33)34)36-15-17-9-4-3-5-10-17/h3-14H,15H2,1-2H3,(H,27,30,32)/b19-12+. The van der Waals surface area contributed by atoms with Gasteiger partial charge in [0, 0.05) is 0 Å². The Hall–Kier alpha value is -4.99. The zero-order chi connectivity index (χ0) is 25.8. The maximum absolute atomic E-state index is 13.2. The Kier molecular flexibility index (Phi) is 6.77. The fourth-order valence-electron chi connectivity index (χ4n) is 3.69. The Balaban J connectivity index is 1.74. The third kappa shape index (κ3) is 4.78. The van der Waals surface area contributed by atoms with Gasteiger partial charge < -0.3 is 9.47 Å². The number of rotatable bonds is 7. The molecule has 0 unspecified atom stereocenters. The first-order valence-corrected chi connectivity index (χ1v) is 10.8. The SMILES string of the molecule is COc1cc(/C=C2\C(=O)NC(=O)N(c3ccccc3C)C2=O)c([N+](=O)[O-])cc1OCc1ccccc1. The lowest BCUT2D eigenvalue weighted by molar-refractivity contribution is -0.385. The highest BCUT2D eigenvalue weighted by molar-refractivity contribution is 6.39. The van der Waals surface area contributed by atoms with Crippen molar-refractivity contribution in [2.45, 2.75) is 13.5 Å². The number of hydrogen-bond donors (Lipinski definition) is 1. The van der Waals surface area contributed by atoms with E-state index in [4.69, 9.17) is 9.47 Å². The maximum Gasteiger partial charge on any atom is 0.335 e. The van der Waals surface area contributed by atoms with Gasteiger partial charge in [0.15, 0.2) is 11.5 Å². The summed E-state index contributed by atoms with van der Waals surface area (Å²) in [6.45, 7) is 1.85. The quantitative estimate of drug-likeness (QED) is 0.229. The van der Waals surface area contributed by atoms with Gasteiger partial charge in [-0.15, -0.1) is 0 Å². The predicted octanol–water partition coefficient (Wildman–Crippen LogP) is 4.16. The van der Waals surface area contributed by atoms with Crippen LogP contribution in [-0.4, -0.2) is 29.9 Å². The number of benzene rings is 3. The van der Waals surface area contributed by atoms with Crippen molar-refractivity contribution in [2.75, 3.05) is 12.0 Å². The van der Waals surface area contributed by atoms with Crippen LogP contribution in [0.4, 0.5) is 16.2 Å². The molecule has 1 saturated heterocycles. The minimum Gasteiger partial charge on any atom is -0.493 e. The van der Waals surface area contributed by atoms with Crippen LogP contribution in [0.15, 0.2) is 72.3 Å². The third-order valence-electron chi connectivity index (χ3n) is 5.50. The maximum atomic E-state index is 13.2. The van der Waals surface area contributed by atoms with Gasteiger partial charge in [-0.1, -0.05) is 48.5 Å². The summed E-state index contributed by atoms with van der Waals surface area (Å²) in [5, 5.41) is 14.0. The van der Waals surface area contributed by atoms with Gasteiger partial charge in [-0.3, -0.25) is 25.0 Å². The molecule has 10 heteroatoms. The number of nitrogens with zero attached hydrogens (tertiary/aromatic N) is 2. The van der Waals surface area contributed by atoms with Crippen LogP contribution in [0.25, 0.3) is 6.08 Å². The number of nitrogens with one attached hydrogen (secondary N) is 1. The highest BCUT2D eigenvalue weighted by Crippen LogP contribution is 2.37. The lowest BCUT2D eigenvalue weighted by Crippen LogP contribution is -2.54. The Morgan fingerprint density at radius 1 is 1.00 bits per heavy atom. The number of methoxy groups -OCH3 is 1. The molecule has 0 atom stereocenters. The number of imide groups is 2. The van der Waals surface area contributed by atoms with Crippen molar-refractivity contribution in [1.82, 2.24) is 5.32 Å². The van der Waals surface area contributed by atoms with Crippen LogP contribution < -0.4 is 19.7 Å². The van der Waals surface area contributed by atoms with Crippen molar-refractivity contribution in [3.8, 4) is 11.5 Å². The molecule has 1 aliphatic rings. The van der Waals surface area contributed by atoms with Crippen molar-refractivity contribution in [3.05, 3.63) is 99.1 Å². The van der Waals surface area contributed by atoms with E-state index in [0.717, 1.165) is 16.5 Å². The summed E-state index contributed by atoms with van der Waals surface area (Å²) in [7, 11) is 1.37. The highest BCUT2D eigenvalue weighted by atomic mass is 16.6. The van der Waals surface area contributed by atoms with E-state index >= 15 is 0 Å². The van der Waals surface area contributed by atoms with E-state index in [9.17, 15) is 24.5 Å². The van der Waals surface area contributed by atoms with Crippen molar-refractivity contribution < 1.29 is 28.8 Å². The first-order chi connectivity index (χ1) is 17.3. The fraction of sp³-hybridized carbons (Fsp3) is 0.115. The zero-order valence-electron chi connectivity index (χ0n) is 19.4. The van der Waals surface area contributed by atoms with Crippen LogP contribution in [-0.2, 0) is 16.2 Å². The van der Waals surface area contributed by atoms with Gasteiger partial charge in [-0.25, -0.2) is 9.69 Å². The second-order valence-corrected chi connectivity index (χ2v) is 7.84. The fourth-order valence-corrected chi connectivity index (χ4v) is 3.69. The molecule has 0 aliphatic carbocycles. The predicted molar refractivity (Wildman–Crippen MR) is 131 cm³/mol. The largest absolute Gasteiger partial charge is 0.493 e. The molecule has 36 heavy (non-hydrogen) atoms. The van der Waals surface area contributed by atoms with E-state index in [1.165, 1.54) is 19.2 Å². The average Bonchev–Trinajstić information content (AvgIpc) is 2.86. The molecule has 182 valence electrons. The molecule has 4 amide bonds. The van der Waals surface area contributed by atoms with E-state index in [1.807, 2.05) is 30.3 Å². The Labute approximate surface area is 205 Å². The number of anilines is 1. The number of carbonyl (C=O) groups excluding carboxylic acids is 3. The average molecular weight is 487 g/mol. The smallest absolute Gasteiger partial charge is 0.335 e. The van der Waals surface area contributed by atoms with Crippen LogP contribution in [0.3, 0.4) is 0 Å². The van der Waals surface area contributed by atoms with Gasteiger partial charge in [-0.05, 0) is 36.3 Å². The number of ether oxygens (including phenoxy) is 2. The topological polar surface area (TPSA) is 128 Å². The number of amides is 4. The van der Waals surface area contributed by atoms with Crippen LogP contribution in [0, 0.1) is 17.0 Å². The number of hydrogen-bond acceptors (Lipinski definition) is 7. The summed E-state index contributed by atoms with van der Waals surface area (Å²) in [4.78, 5) is 50.3. The summed E-state index contributed by atoms with van der Waals surface area (Å²) in [5.74, 6) is -1.59. The number of aryl methyl sites for hydroxylation is 1. The van der Waals surface area contributed by atoms with Crippen molar-refractivity contribution >= 4 is 35.3 Å². The number of barbiturate groups is 1. The third-order valence-corrected chi connectivity index (χ3v) is 5.50. The lowest BCUT2D eigenvalue weighted by atomic mass is 10.0. The van der Waals surface area contributed by atoms with Gasteiger partial charge in [0.25, 0.3) is 17.5 Å². The van der Waals surface area contributed by atoms with E-state index in [-0.39, 0.29) is 29.4 Å². The molecule has 0 spiro atoms. The monoisotopic (exact) mass is 487 g/mol. The minimum atomic E-state index is -0.965. The molecule has 3 aromatic carbocycles. The van der Waals surface area contributed by atoms with Gasteiger partial charge in [0.05, 0.1) is 29.4 Å². The van der Waals surface area contributed by atoms with Crippen molar-refractivity contribution in [1.29, 1.82) is 0 Å². The second kappa shape index (κ2) is 10.1. The Bertz CT molecular complexity index is 1400. The van der Waals surface area contributed by atoms with Crippen LogP contribution >= 0.6 is 0 Å². The Morgan fingerprint density at radius 3 is 2.36 bits per heavy atom. The van der Waals surface area contributed by atoms with Gasteiger partial charge in [-0.2, -0.15) is 0 Å². The molecule has 10 nitrogen and oxygen atoms in total. The normalized spacial score (nSPS) is 14.6. The number of carbonyl (C=O) groups is 3. The first kappa shape index (κ1) is 24.1. The number of urea groups is 1. The highest BCUT2D eigenvalue weighted by Gasteiger charge is 2.38. The number of para-hydroxylation sites is 1. The molecule has 4 rings (SSSR count). The summed E-state index contributed by atoms with van der Waals surface area (Å²) in [6.07, 6.45) is 1.07. The molecule has 3 aromatic rings. The molecule has 0 aromatic heterocycles. The van der Waals surface area contributed by atoms with Gasteiger partial charge >= 0.3 is 6.03 Å². The molecular weight excluding hydrogens is 466 g/mol. The summed E-state index contributed by atoms with van der Waals surface area (Å²) < 4.78 is 11.1. The van der Waals surface area contributed by atoms with E-state index in [1.54, 1.807) is 31.2 Å². The van der Waals surface area contributed by atoms with Crippen LogP contribution in [0.5, 0.6) is 11.5 Å². The van der Waals surface area contributed by atoms with Crippen LogP contribution in [0.1, 0.15) is 16.7 Å². The number of nitro benzene ring substituents is 1. The lowest BCUT2D eigenvalue weighted by Gasteiger charge is -2.27. The molecule has 1 fully saturated rings. The van der Waals surface area contributed by atoms with Crippen molar-refractivity contribution in [2.24, 2.45) is 0 Å². The summed E-state index contributed by atoms with van der Waals surface area (Å²) >= 11 is 0. The van der Waals surface area contributed by atoms with Gasteiger partial charge in [0.2, 0.25) is 0 Å². The molecular formula is C26H21N3O7. The zero-order valence-corrected chi connectivity index (χ0v) is 19.4. The molecule has 1 heterocycles. The minimum absolute atomic E-state index is 0.0681. The van der Waals surface area contributed by atoms with Crippen molar-refractivity contribution in [3.63, 3.8) is 0 Å².